The average molecular weight is 1380 g/mol. The van der Waals surface area contributed by atoms with Gasteiger partial charge in [-0.25, -0.2) is 8.37 Å². The van der Waals surface area contributed by atoms with Crippen LogP contribution in [0.15, 0.2) is 23.8 Å². The second-order valence-electron chi connectivity index (χ2n) is 28.2. The molecular weight excluding hydrogens is 1280 g/mol. The second-order valence-corrected chi connectivity index (χ2v) is 30.3. The van der Waals surface area contributed by atoms with E-state index in [1.165, 1.54) is 6.92 Å². The summed E-state index contributed by atoms with van der Waals surface area (Å²) in [6, 6.07) is 0. The molecule has 6 aliphatic heterocycles. The minimum Gasteiger partial charge on any atom is -0.458 e. The highest BCUT2D eigenvalue weighted by atomic mass is 32.3. The summed E-state index contributed by atoms with van der Waals surface area (Å²) < 4.78 is 148. The van der Waals surface area contributed by atoms with Crippen LogP contribution in [0.4, 0.5) is 0 Å². The van der Waals surface area contributed by atoms with Crippen LogP contribution in [0.2, 0.25) is 0 Å². The molecule has 6 saturated heterocycles. The molecule has 12 N–H and O–H groups in total. The normalized spacial score (nSPS) is 49.2. The Morgan fingerprint density at radius 1 is 0.677 bits per heavy atom. The average Bonchev–Trinajstić information content (AvgIpc) is 1.52. The number of hydrogen-bond donors (Lipinski definition) is 12. The Bertz CT molecular complexity index is 2970. The maximum atomic E-state index is 14.5. The Labute approximate surface area is 538 Å². The molecule has 1 spiro atoms. The van der Waals surface area contributed by atoms with E-state index in [9.17, 15) is 86.6 Å². The highest BCUT2D eigenvalue weighted by Gasteiger charge is 2.79. The van der Waals surface area contributed by atoms with Crippen molar-refractivity contribution >= 4 is 32.6 Å². The van der Waals surface area contributed by atoms with Crippen molar-refractivity contribution in [3.8, 4) is 0 Å². The van der Waals surface area contributed by atoms with E-state index in [-0.39, 0.29) is 30.0 Å². The maximum Gasteiger partial charge on any atom is 0.397 e. The molecule has 6 heterocycles. The predicted molar refractivity (Wildman–Crippen MR) is 308 cm³/mol. The van der Waals surface area contributed by atoms with Gasteiger partial charge in [0, 0.05) is 18.9 Å². The van der Waals surface area contributed by atoms with E-state index in [1.807, 2.05) is 27.7 Å². The third-order valence-corrected chi connectivity index (χ3v) is 23.0. The molecule has 34 heteroatoms. The highest BCUT2D eigenvalue weighted by Crippen LogP contribution is 2.75. The van der Waals surface area contributed by atoms with E-state index >= 15 is 0 Å². The van der Waals surface area contributed by atoms with Crippen molar-refractivity contribution in [1.29, 1.82) is 0 Å². The van der Waals surface area contributed by atoms with Gasteiger partial charge in [0.1, 0.15) is 115 Å². The molecular formula is C59H92O32S2. The smallest absolute Gasteiger partial charge is 0.397 e. The number of ether oxygens (including phenoxy) is 12. The zero-order valence-corrected chi connectivity index (χ0v) is 54.5. The van der Waals surface area contributed by atoms with Gasteiger partial charge in [0.2, 0.25) is 0 Å². The van der Waals surface area contributed by atoms with E-state index in [1.54, 1.807) is 0 Å². The lowest BCUT2D eigenvalue weighted by Crippen LogP contribution is -2.68. The number of fused-ring (bicyclic) bond motifs is 4. The Kier molecular flexibility index (Phi) is 21.4. The summed E-state index contributed by atoms with van der Waals surface area (Å²) in [5.74, 6) is -1.07. The minimum absolute atomic E-state index is 0.0236. The van der Waals surface area contributed by atoms with Gasteiger partial charge in [-0.3, -0.25) is 18.7 Å². The van der Waals surface area contributed by atoms with E-state index in [2.05, 4.69) is 30.7 Å². The standard InChI is InChI=1S/C59H92O32S2/c1-24(2)11-10-16-58(8)48-28(61)19-57(7)27-12-13-33-55(4,5)34(15-17-56(33,6)26(27)14-18-59(48,57)54(71)90-58)85-52-46(38(66)32(22-80-52)91-93(75,76)77)89-53-47(88-49-39(67)35(63)29(62)21-79-49)40(68)43(25(3)82-53)86-51-42(70)45(36(64)30(20-60)83-51)87-50-41(69)44(78-9)37(65)31(84-50)23-81-92(72,73)74/h12,25-26,29-53,60,62-70H,1,10-11,13-23H2,2-9H3,(H,72,73,74)(H,75,76,77)/t25-,26?,29-,30-,31-,32-,33?,34+,35+,36-,37-,38+,39-,40+,41-,42-,43-,44+,45+,46-,47-,48-,49+,50+,51+,52+,53+,56-,57+,58+,59-/m1/s1. The SMILES string of the molecule is C=C(C)CCC[C@]1(C)OC(=O)[C@]23CCC4C(=CCC5C(C)(C)[C@@H](O[C@@H]6OC[C@@H](OS(=O)(=O)O)[C@H](O)[C@H]6O[C@@H]6O[C@H](C)[C@@H](O[C@@H]7O[C@H](CO)[C@@H](O)[C@H](O[C@@H]8O[C@H](COS(=O)(=O)O)[C@@H](O)[C@H](OC)[C@H]8O)[C@H]7O)[C@H](O)[C@H]6O[C@@H]6OC[C@@H](O)[C@H](O)[C@H]6O)CC[C@]45C)[C@]2(C)CC(=O)[C@@H]31. The first-order valence-electron chi connectivity index (χ1n) is 31.5. The molecule has 0 radical (unpaired) electrons. The molecule has 32 nitrogen and oxygen atoms in total. The number of carbonyl (C=O) groups is 2. The number of aliphatic hydroxyl groups excluding tert-OH is 10. The van der Waals surface area contributed by atoms with Crippen molar-refractivity contribution < 1.29 is 152 Å². The van der Waals surface area contributed by atoms with Gasteiger partial charge in [-0.1, -0.05) is 44.9 Å². The molecule has 0 aromatic heterocycles. The van der Waals surface area contributed by atoms with Crippen molar-refractivity contribution in [2.24, 2.45) is 39.4 Å². The Balaban J connectivity index is 0.904. The van der Waals surface area contributed by atoms with E-state index < -0.39 is 228 Å². The lowest BCUT2D eigenvalue weighted by atomic mass is 9.41. The van der Waals surface area contributed by atoms with Crippen LogP contribution in [-0.4, -0.2) is 275 Å². The Morgan fingerprint density at radius 2 is 1.29 bits per heavy atom. The highest BCUT2D eigenvalue weighted by molar-refractivity contribution is 7.81. The first kappa shape index (κ1) is 73.2. The van der Waals surface area contributed by atoms with Crippen molar-refractivity contribution in [1.82, 2.24) is 0 Å². The molecule has 93 heavy (non-hydrogen) atoms. The molecule has 0 aromatic carbocycles. The third kappa shape index (κ3) is 13.5. The van der Waals surface area contributed by atoms with Gasteiger partial charge in [-0.15, -0.1) is 6.58 Å². The summed E-state index contributed by atoms with van der Waals surface area (Å²) in [5.41, 5.74) is -1.86. The number of aliphatic hydroxyl groups is 10. The summed E-state index contributed by atoms with van der Waals surface area (Å²) in [7, 11) is -9.34. The molecule has 10 aliphatic rings. The fourth-order valence-corrected chi connectivity index (χ4v) is 18.2. The summed E-state index contributed by atoms with van der Waals surface area (Å²) in [6.45, 7) is 14.2. The lowest BCUT2D eigenvalue weighted by molar-refractivity contribution is -0.403. The summed E-state index contributed by atoms with van der Waals surface area (Å²) >= 11 is 0. The fourth-order valence-electron chi connectivity index (χ4n) is 17.4. The molecule has 0 amide bonds. The van der Waals surface area contributed by atoms with Crippen LogP contribution in [0, 0.1) is 39.4 Å². The maximum absolute atomic E-state index is 14.5. The van der Waals surface area contributed by atoms with Crippen LogP contribution in [0.3, 0.4) is 0 Å². The van der Waals surface area contributed by atoms with Crippen LogP contribution >= 0.6 is 0 Å². The number of carbonyl (C=O) groups excluding carboxylic acids is 2. The monoisotopic (exact) mass is 1380 g/mol. The number of Topliss-reactive ketones (excluding diaryl/α,β-unsaturated/α-hetero) is 1. The molecule has 31 atom stereocenters. The van der Waals surface area contributed by atoms with Crippen molar-refractivity contribution in [3.63, 3.8) is 0 Å². The molecule has 532 valence electrons. The van der Waals surface area contributed by atoms with Crippen LogP contribution < -0.4 is 0 Å². The first-order chi connectivity index (χ1) is 43.4. The molecule has 9 fully saturated rings. The number of methoxy groups -OCH3 is 1. The fraction of sp³-hybridized carbons (Fsp3) is 0.898. The molecule has 0 aromatic rings. The van der Waals surface area contributed by atoms with Crippen LogP contribution in [0.25, 0.3) is 0 Å². The molecule has 4 aliphatic carbocycles. The predicted octanol–water partition coefficient (Wildman–Crippen LogP) is -2.09. The van der Waals surface area contributed by atoms with E-state index in [0.717, 1.165) is 24.7 Å². The van der Waals surface area contributed by atoms with Gasteiger partial charge in [0.05, 0.1) is 50.0 Å². The van der Waals surface area contributed by atoms with Gasteiger partial charge >= 0.3 is 26.8 Å². The van der Waals surface area contributed by atoms with Crippen molar-refractivity contribution in [3.05, 3.63) is 23.8 Å². The van der Waals surface area contributed by atoms with E-state index in [4.69, 9.17) is 61.0 Å². The van der Waals surface area contributed by atoms with Gasteiger partial charge < -0.3 is 108 Å². The summed E-state index contributed by atoms with van der Waals surface area (Å²) in [6.07, 6.45) is -37.0. The molecule has 3 saturated carbocycles. The van der Waals surface area contributed by atoms with Crippen molar-refractivity contribution in [2.45, 2.75) is 259 Å². The number of rotatable bonds is 21. The zero-order chi connectivity index (χ0) is 68.2. The summed E-state index contributed by atoms with van der Waals surface area (Å²) in [4.78, 5) is 28.9. The van der Waals surface area contributed by atoms with Gasteiger partial charge in [-0.05, 0) is 94.8 Å². The van der Waals surface area contributed by atoms with E-state index in [0.29, 0.717) is 44.9 Å². The van der Waals surface area contributed by atoms with Gasteiger partial charge in [0.25, 0.3) is 0 Å². The Hall–Kier alpha value is -2.48. The zero-order valence-electron chi connectivity index (χ0n) is 52.9. The first-order valence-corrected chi connectivity index (χ1v) is 34.2. The van der Waals surface area contributed by atoms with Crippen molar-refractivity contribution in [2.75, 3.05) is 33.5 Å². The second kappa shape index (κ2) is 27.2. The third-order valence-electron chi connectivity index (χ3n) is 22.0. The Morgan fingerprint density at radius 3 is 1.94 bits per heavy atom. The molecule has 0 bridgehead atoms. The number of allylic oxidation sites excluding steroid dienone is 3. The number of esters is 1. The van der Waals surface area contributed by atoms with Crippen LogP contribution in [-0.2, 0) is 95.6 Å². The molecule has 2 unspecified atom stereocenters. The topological polar surface area (TPSA) is 474 Å². The summed E-state index contributed by atoms with van der Waals surface area (Å²) in [5, 5.41) is 112. The van der Waals surface area contributed by atoms with Crippen LogP contribution in [0.1, 0.15) is 106 Å². The van der Waals surface area contributed by atoms with Gasteiger partial charge in [-0.2, -0.15) is 16.8 Å². The largest absolute Gasteiger partial charge is 0.458 e. The number of ketones is 1. The minimum atomic E-state index is -5.30. The van der Waals surface area contributed by atoms with Gasteiger partial charge in [0.15, 0.2) is 31.5 Å². The number of hydrogen-bond acceptors (Lipinski definition) is 30. The van der Waals surface area contributed by atoms with Crippen LogP contribution in [0.5, 0.6) is 0 Å². The lowest BCUT2D eigenvalue weighted by Gasteiger charge is -2.63. The quantitative estimate of drug-likeness (QED) is 0.0333. The molecule has 10 rings (SSSR count). The number of cyclic esters (lactones) is 1.